The van der Waals surface area contributed by atoms with E-state index in [2.05, 4.69) is 10.2 Å². The van der Waals surface area contributed by atoms with Crippen LogP contribution in [0, 0.1) is 42.4 Å². The van der Waals surface area contributed by atoms with E-state index >= 15 is 4.79 Å². The minimum absolute atomic E-state index is 0.0174. The van der Waals surface area contributed by atoms with E-state index in [-0.39, 0.29) is 73.7 Å². The first kappa shape index (κ1) is 61.1. The highest BCUT2D eigenvalue weighted by atomic mass is 16.7. The Morgan fingerprint density at radius 1 is 0.892 bits per heavy atom. The molecule has 442 valence electrons. The van der Waals surface area contributed by atoms with Crippen molar-refractivity contribution in [3.05, 3.63) is 99.5 Å². The van der Waals surface area contributed by atoms with Crippen LogP contribution in [-0.2, 0) is 28.7 Å². The van der Waals surface area contributed by atoms with E-state index < -0.39 is 94.1 Å². The van der Waals surface area contributed by atoms with Crippen molar-refractivity contribution in [3.63, 3.8) is 0 Å². The summed E-state index contributed by atoms with van der Waals surface area (Å²) in [6, 6.07) is 10.1. The van der Waals surface area contributed by atoms with E-state index in [1.807, 2.05) is 18.7 Å². The van der Waals surface area contributed by atoms with Crippen LogP contribution < -0.4 is 25.1 Å². The van der Waals surface area contributed by atoms with E-state index in [1.54, 1.807) is 69.3 Å². The molecule has 83 heavy (non-hydrogen) atoms. The molecule has 3 aromatic carbocycles. The van der Waals surface area contributed by atoms with E-state index in [9.17, 15) is 49.2 Å². The number of unbranched alkanes of at least 4 members (excludes halogenated alkanes) is 1. The Labute approximate surface area is 481 Å². The molecule has 5 bridgehead atoms. The second-order valence-corrected chi connectivity index (χ2v) is 22.5. The molecule has 5 heterocycles. The molecule has 9 rings (SSSR count). The van der Waals surface area contributed by atoms with E-state index in [1.165, 1.54) is 46.1 Å². The summed E-state index contributed by atoms with van der Waals surface area (Å²) < 4.78 is 30.6. The number of anilines is 2. The number of fused-ring (bicyclic) bond motifs is 14. The Morgan fingerprint density at radius 3 is 2.27 bits per heavy atom. The molecule has 0 aromatic heterocycles. The molecule has 0 saturated carbocycles. The fraction of sp³-hybridized carbons (Fsp3) is 0.460. The van der Waals surface area contributed by atoms with Gasteiger partial charge in [-0.2, -0.15) is 0 Å². The zero-order chi connectivity index (χ0) is 60.2. The molecule has 5 N–H and O–H groups in total. The molecule has 6 aliphatic rings. The van der Waals surface area contributed by atoms with Crippen molar-refractivity contribution in [2.24, 2.45) is 35.5 Å². The van der Waals surface area contributed by atoms with Crippen LogP contribution in [0.15, 0.2) is 81.7 Å². The van der Waals surface area contributed by atoms with Gasteiger partial charge in [0.1, 0.15) is 58.6 Å². The first-order valence-electron chi connectivity index (χ1n) is 28.2. The van der Waals surface area contributed by atoms with Gasteiger partial charge in [0.15, 0.2) is 17.1 Å². The molecule has 20 nitrogen and oxygen atoms in total. The average molecular weight is 1140 g/mol. The number of esters is 1. The summed E-state index contributed by atoms with van der Waals surface area (Å²) in [5.74, 6) is -8.12. The van der Waals surface area contributed by atoms with Gasteiger partial charge < -0.3 is 63.6 Å². The number of nitrogens with zero attached hydrogens (tertiary/aromatic N) is 3. The molecule has 0 radical (unpaired) electrons. The van der Waals surface area contributed by atoms with Gasteiger partial charge >= 0.3 is 11.8 Å². The molecule has 3 aromatic rings. The molecule has 0 unspecified atom stereocenters. The Balaban J connectivity index is 1.10. The number of ketones is 2. The first-order chi connectivity index (χ1) is 39.5. The third kappa shape index (κ3) is 12.8. The van der Waals surface area contributed by atoms with Gasteiger partial charge in [0.05, 0.1) is 41.9 Å². The standard InChI is InChI=1S/C63H74N4O16/c1-33-21-28-80-63(9)61(77)50-48-49(56(75)39(7)59(50)83-63)57(76)53(65-62(78)35(3)14-12-13-34(2)54(73)37(5)55(74)38(6)58(36(33)4)81-40(8)70)60-52(48)64-51-46(72)29-43(30-47(51)82-60)67-25-23-66(24-26-67)22-20-45(71)42-16-18-44(19-17-42)79-27-11-10-15-41(31-68)32-69/h12-14,16-19,21,28-34,36-38,41,54-55,58,72-75H,10-11,15,20,22-27H2,1-9H3,(H,65,78)/b13-12+,28-21+,35-14-/t33-,34-,36+,37+,38+,54-,55+,58+,63-/m0/s1. The van der Waals surface area contributed by atoms with Crippen molar-refractivity contribution in [1.29, 1.82) is 0 Å². The van der Waals surface area contributed by atoms with Crippen molar-refractivity contribution in [3.8, 4) is 34.5 Å². The second-order valence-electron chi connectivity index (χ2n) is 22.5. The zero-order valence-electron chi connectivity index (χ0n) is 48.3. The summed E-state index contributed by atoms with van der Waals surface area (Å²) in [5.41, 5.74) is -0.467. The molecule has 1 amide bonds. The maximum atomic E-state index is 15.0. The number of hydrogen-bond donors (Lipinski definition) is 5. The summed E-state index contributed by atoms with van der Waals surface area (Å²) in [6.45, 7) is 17.6. The maximum Gasteiger partial charge on any atom is 0.312 e. The highest BCUT2D eigenvalue weighted by Crippen LogP contribution is 2.51. The van der Waals surface area contributed by atoms with E-state index in [0.29, 0.717) is 88.2 Å². The lowest BCUT2D eigenvalue weighted by atomic mass is 9.77. The smallest absolute Gasteiger partial charge is 0.312 e. The number of aromatic hydroxyl groups is 2. The predicted octanol–water partition coefficient (Wildman–Crippen LogP) is 8.23. The lowest BCUT2D eigenvalue weighted by Gasteiger charge is -2.37. The number of hydrogen-bond acceptors (Lipinski definition) is 19. The Bertz CT molecular complexity index is 3410. The monoisotopic (exact) mass is 1140 g/mol. The quantitative estimate of drug-likeness (QED) is 0.0133. The Morgan fingerprint density at radius 2 is 1.59 bits per heavy atom. The summed E-state index contributed by atoms with van der Waals surface area (Å²) in [7, 11) is 0. The number of carbonyl (C=O) groups excluding carboxylic acids is 6. The summed E-state index contributed by atoms with van der Waals surface area (Å²) in [4.78, 5) is 101. The maximum absolute atomic E-state index is 15.0. The number of allylic oxidation sites excluding steroid dienone is 3. The lowest BCUT2D eigenvalue weighted by Crippen LogP contribution is -2.46. The number of ether oxygens (including phenoxy) is 4. The number of benzene rings is 4. The lowest BCUT2D eigenvalue weighted by molar-refractivity contribution is -0.158. The highest BCUT2D eigenvalue weighted by molar-refractivity contribution is 6.22. The number of phenols is 2. The van der Waals surface area contributed by atoms with Crippen LogP contribution in [0.4, 0.5) is 11.4 Å². The molecule has 9 atom stereocenters. The van der Waals surface area contributed by atoms with Crippen LogP contribution in [0.2, 0.25) is 0 Å². The highest BCUT2D eigenvalue weighted by Gasteiger charge is 2.50. The number of aliphatic hydroxyl groups is 2. The second kappa shape index (κ2) is 25.7. The third-order valence-electron chi connectivity index (χ3n) is 16.7. The zero-order valence-corrected chi connectivity index (χ0v) is 48.3. The minimum Gasteiger partial charge on any atom is -0.507 e. The number of aldehydes is 2. The number of aromatic nitrogens is 1. The van der Waals surface area contributed by atoms with Crippen LogP contribution in [-0.4, -0.2) is 130 Å². The molecule has 1 fully saturated rings. The van der Waals surface area contributed by atoms with Gasteiger partial charge in [0.25, 0.3) is 11.7 Å². The molecule has 1 aliphatic carbocycles. The van der Waals surface area contributed by atoms with Gasteiger partial charge in [0.2, 0.25) is 5.43 Å². The number of phenolic OH excluding ortho intramolecular Hbond substituents is 2. The molecule has 0 spiro atoms. The number of Topliss-reactive ketones (excluding diaryl/α,β-unsaturated/α-hetero) is 2. The fourth-order valence-corrected chi connectivity index (χ4v) is 11.1. The molecule has 5 aliphatic heterocycles. The Kier molecular flexibility index (Phi) is 18.9. The van der Waals surface area contributed by atoms with Crippen LogP contribution in [0.3, 0.4) is 0 Å². The van der Waals surface area contributed by atoms with Gasteiger partial charge in [-0.3, -0.25) is 28.9 Å². The molecule has 20 heteroatoms. The molecular formula is C63H74N4O16. The van der Waals surface area contributed by atoms with Crippen molar-refractivity contribution in [2.75, 3.05) is 49.5 Å². The van der Waals surface area contributed by atoms with Crippen LogP contribution in [0.5, 0.6) is 23.0 Å². The minimum atomic E-state index is -2.07. The Hall–Kier alpha value is -7.94. The molecule has 1 saturated heterocycles. The SMILES string of the molecule is CC(=O)O[C@H]1[C@H](C)[C@H](O)[C@H](C)[C@@H](O)[C@@H](C)/C=C/C=C(/C)C(=O)Nc2c3oc4cc(N5CCN(CCC(=O)c6ccc(OCCCCC(C=O)C=O)cc6)CC5)cc(O)c4nc-3c3c4c(c(C)c(O)c3c2=O)O[C@](C)(O/C=C/[C@H](C)[C@H]1C)C4=O. The van der Waals surface area contributed by atoms with Crippen molar-refractivity contribution in [1.82, 2.24) is 9.88 Å². The summed E-state index contributed by atoms with van der Waals surface area (Å²) >= 11 is 0. The number of nitrogens with one attached hydrogen (secondary N) is 1. The number of aliphatic hydroxyl groups excluding tert-OH is 2. The van der Waals surface area contributed by atoms with Gasteiger partial charge in [-0.15, -0.1) is 0 Å². The third-order valence-corrected chi connectivity index (χ3v) is 16.7. The van der Waals surface area contributed by atoms with E-state index in [4.69, 9.17) is 28.3 Å². The van der Waals surface area contributed by atoms with Gasteiger partial charge in [-0.25, -0.2) is 4.98 Å². The first-order valence-corrected chi connectivity index (χ1v) is 28.2. The number of amides is 1. The van der Waals surface area contributed by atoms with Gasteiger partial charge in [0, 0.05) is 111 Å². The van der Waals surface area contributed by atoms with Crippen LogP contribution in [0.1, 0.15) is 107 Å². The average Bonchev–Trinajstić information content (AvgIpc) is 1.82. The summed E-state index contributed by atoms with van der Waals surface area (Å²) in [5, 5.41) is 49.0. The topological polar surface area (TPSA) is 282 Å². The predicted molar refractivity (Wildman–Crippen MR) is 310 cm³/mol. The fourth-order valence-electron chi connectivity index (χ4n) is 11.1. The van der Waals surface area contributed by atoms with Crippen LogP contribution >= 0.6 is 0 Å². The largest absolute Gasteiger partial charge is 0.507 e. The summed E-state index contributed by atoms with van der Waals surface area (Å²) in [6.07, 6.45) is 8.01. The van der Waals surface area contributed by atoms with Gasteiger partial charge in [-0.05, 0) is 75.3 Å². The van der Waals surface area contributed by atoms with Crippen molar-refractivity contribution < 1.29 is 72.6 Å². The van der Waals surface area contributed by atoms with Gasteiger partial charge in [-0.1, -0.05) is 52.8 Å². The van der Waals surface area contributed by atoms with E-state index in [0.717, 1.165) is 0 Å². The number of piperazine rings is 1. The van der Waals surface area contributed by atoms with Crippen molar-refractivity contribution >= 4 is 69.3 Å². The molecular weight excluding hydrogens is 1070 g/mol. The van der Waals surface area contributed by atoms with Crippen LogP contribution in [0.25, 0.3) is 33.3 Å². The normalized spacial score (nSPS) is 26.1. The number of rotatable bonds is 14. The van der Waals surface area contributed by atoms with Crippen molar-refractivity contribution in [2.45, 2.75) is 112 Å². The number of carbonyl (C=O) groups is 6.